The van der Waals surface area contributed by atoms with Gasteiger partial charge in [-0.3, -0.25) is 4.79 Å². The molecule has 0 fully saturated rings. The van der Waals surface area contributed by atoms with Crippen LogP contribution in [0.1, 0.15) is 46.3 Å². The van der Waals surface area contributed by atoms with Crippen molar-refractivity contribution in [2.24, 2.45) is 11.8 Å². The molecule has 0 aliphatic carbocycles. The van der Waals surface area contributed by atoms with Crippen molar-refractivity contribution in [2.45, 2.75) is 46.1 Å². The number of hydrogen-bond donors (Lipinski definition) is 2. The molecule has 19 heavy (non-hydrogen) atoms. The van der Waals surface area contributed by atoms with Gasteiger partial charge >= 0.3 is 0 Å². The zero-order valence-electron chi connectivity index (χ0n) is 12.3. The van der Waals surface area contributed by atoms with E-state index in [9.17, 15) is 9.90 Å². The van der Waals surface area contributed by atoms with Gasteiger partial charge in [0.15, 0.2) is 0 Å². The minimum atomic E-state index is -1.17. The van der Waals surface area contributed by atoms with Crippen LogP contribution in [0.5, 0.6) is 0 Å². The van der Waals surface area contributed by atoms with Crippen molar-refractivity contribution in [1.82, 2.24) is 5.32 Å². The Morgan fingerprint density at radius 1 is 1.47 bits per heavy atom. The van der Waals surface area contributed by atoms with E-state index >= 15 is 0 Å². The van der Waals surface area contributed by atoms with E-state index in [2.05, 4.69) is 26.1 Å². The van der Waals surface area contributed by atoms with Gasteiger partial charge in [0, 0.05) is 6.42 Å². The Bertz CT molecular complexity index is 382. The SMILES string of the molecule is CC(C)CC(C)CC(=O)NCC(C)(O)c1ccco1. The van der Waals surface area contributed by atoms with Crippen LogP contribution in [0.4, 0.5) is 0 Å². The van der Waals surface area contributed by atoms with Crippen molar-refractivity contribution >= 4 is 5.91 Å². The molecule has 1 aromatic heterocycles. The van der Waals surface area contributed by atoms with E-state index in [1.54, 1.807) is 19.1 Å². The smallest absolute Gasteiger partial charge is 0.220 e. The molecule has 0 saturated carbocycles. The molecule has 2 N–H and O–H groups in total. The average molecular weight is 267 g/mol. The van der Waals surface area contributed by atoms with Crippen LogP contribution in [0.3, 0.4) is 0 Å². The maximum Gasteiger partial charge on any atom is 0.220 e. The van der Waals surface area contributed by atoms with Gasteiger partial charge in [0.2, 0.25) is 5.91 Å². The quantitative estimate of drug-likeness (QED) is 0.798. The molecular weight excluding hydrogens is 242 g/mol. The van der Waals surface area contributed by atoms with Crippen molar-refractivity contribution in [3.05, 3.63) is 24.2 Å². The third-order valence-corrected chi connectivity index (χ3v) is 3.09. The van der Waals surface area contributed by atoms with E-state index < -0.39 is 5.60 Å². The number of aliphatic hydroxyl groups is 1. The van der Waals surface area contributed by atoms with Crippen LogP contribution < -0.4 is 5.32 Å². The van der Waals surface area contributed by atoms with Gasteiger partial charge in [-0.25, -0.2) is 0 Å². The molecule has 0 aromatic carbocycles. The minimum Gasteiger partial charge on any atom is -0.466 e. The Kier molecular flexibility index (Phi) is 5.60. The molecule has 1 heterocycles. The molecule has 108 valence electrons. The minimum absolute atomic E-state index is 0.0278. The zero-order chi connectivity index (χ0) is 14.5. The van der Waals surface area contributed by atoms with E-state index in [1.165, 1.54) is 6.26 Å². The summed E-state index contributed by atoms with van der Waals surface area (Å²) in [5.74, 6) is 1.38. The van der Waals surface area contributed by atoms with Crippen LogP contribution in [0, 0.1) is 11.8 Å². The van der Waals surface area contributed by atoms with E-state index in [1.807, 2.05) is 0 Å². The van der Waals surface area contributed by atoms with Crippen LogP contribution in [0.25, 0.3) is 0 Å². The zero-order valence-corrected chi connectivity index (χ0v) is 12.3. The first kappa shape index (κ1) is 15.8. The Morgan fingerprint density at radius 3 is 2.68 bits per heavy atom. The third-order valence-electron chi connectivity index (χ3n) is 3.09. The van der Waals surface area contributed by atoms with Crippen LogP contribution >= 0.6 is 0 Å². The van der Waals surface area contributed by atoms with E-state index in [0.29, 0.717) is 24.0 Å². The van der Waals surface area contributed by atoms with Crippen LogP contribution in [-0.4, -0.2) is 17.6 Å². The summed E-state index contributed by atoms with van der Waals surface area (Å²) < 4.78 is 5.16. The van der Waals surface area contributed by atoms with Gasteiger partial charge in [-0.05, 0) is 37.3 Å². The van der Waals surface area contributed by atoms with Gasteiger partial charge in [0.05, 0.1) is 12.8 Å². The molecule has 0 aliphatic rings. The van der Waals surface area contributed by atoms with Gasteiger partial charge < -0.3 is 14.8 Å². The molecule has 1 rings (SSSR count). The highest BCUT2D eigenvalue weighted by Crippen LogP contribution is 2.20. The fraction of sp³-hybridized carbons (Fsp3) is 0.667. The molecule has 0 saturated heterocycles. The van der Waals surface area contributed by atoms with Gasteiger partial charge in [-0.1, -0.05) is 20.8 Å². The second kappa shape index (κ2) is 6.75. The summed E-state index contributed by atoms with van der Waals surface area (Å²) in [7, 11) is 0. The van der Waals surface area contributed by atoms with Crippen LogP contribution in [0.15, 0.2) is 22.8 Å². The van der Waals surface area contributed by atoms with Gasteiger partial charge in [-0.2, -0.15) is 0 Å². The number of carbonyl (C=O) groups excluding carboxylic acids is 1. The van der Waals surface area contributed by atoms with Gasteiger partial charge in [0.1, 0.15) is 11.4 Å². The fourth-order valence-electron chi connectivity index (χ4n) is 2.22. The lowest BCUT2D eigenvalue weighted by molar-refractivity contribution is -0.123. The maximum absolute atomic E-state index is 11.8. The molecule has 4 heteroatoms. The molecule has 0 radical (unpaired) electrons. The average Bonchev–Trinajstić information content (AvgIpc) is 2.79. The highest BCUT2D eigenvalue weighted by Gasteiger charge is 2.26. The second-order valence-corrected chi connectivity index (χ2v) is 5.97. The van der Waals surface area contributed by atoms with Crippen LogP contribution in [-0.2, 0) is 10.4 Å². The van der Waals surface area contributed by atoms with Crippen molar-refractivity contribution in [3.63, 3.8) is 0 Å². The van der Waals surface area contributed by atoms with E-state index in [-0.39, 0.29) is 12.5 Å². The molecule has 1 aromatic rings. The summed E-state index contributed by atoms with van der Waals surface area (Å²) >= 11 is 0. The number of amides is 1. The molecule has 2 atom stereocenters. The highest BCUT2D eigenvalue weighted by atomic mass is 16.4. The third kappa shape index (κ3) is 5.47. The first-order valence-corrected chi connectivity index (χ1v) is 6.84. The Labute approximate surface area is 115 Å². The number of carbonyl (C=O) groups is 1. The number of furan rings is 1. The maximum atomic E-state index is 11.8. The molecule has 4 nitrogen and oxygen atoms in total. The lowest BCUT2D eigenvalue weighted by Gasteiger charge is -2.22. The first-order valence-electron chi connectivity index (χ1n) is 6.84. The van der Waals surface area contributed by atoms with Crippen molar-refractivity contribution in [2.75, 3.05) is 6.54 Å². The van der Waals surface area contributed by atoms with Crippen LogP contribution in [0.2, 0.25) is 0 Å². The fourth-order valence-corrected chi connectivity index (χ4v) is 2.22. The summed E-state index contributed by atoms with van der Waals surface area (Å²) in [6.45, 7) is 8.16. The predicted octanol–water partition coefficient (Wildman–Crippen LogP) is 2.68. The molecule has 2 unspecified atom stereocenters. The molecular formula is C15H25NO3. The summed E-state index contributed by atoms with van der Waals surface area (Å²) in [6, 6.07) is 3.42. The van der Waals surface area contributed by atoms with E-state index in [4.69, 9.17) is 4.42 Å². The Morgan fingerprint density at radius 2 is 2.16 bits per heavy atom. The van der Waals surface area contributed by atoms with Gasteiger partial charge in [0.25, 0.3) is 0 Å². The molecule has 1 amide bonds. The monoisotopic (exact) mass is 267 g/mol. The van der Waals surface area contributed by atoms with Crippen molar-refractivity contribution in [1.29, 1.82) is 0 Å². The summed E-state index contributed by atoms with van der Waals surface area (Å²) in [5.41, 5.74) is -1.17. The topological polar surface area (TPSA) is 62.5 Å². The Balaban J connectivity index is 2.38. The van der Waals surface area contributed by atoms with Crippen molar-refractivity contribution in [3.8, 4) is 0 Å². The molecule has 0 aliphatic heterocycles. The first-order chi connectivity index (χ1) is 8.81. The number of nitrogens with one attached hydrogen (secondary N) is 1. The standard InChI is InChI=1S/C15H25NO3/c1-11(2)8-12(3)9-14(17)16-10-15(4,18)13-6-5-7-19-13/h5-7,11-12,18H,8-10H2,1-4H3,(H,16,17). The predicted molar refractivity (Wildman–Crippen MR) is 74.5 cm³/mol. The largest absolute Gasteiger partial charge is 0.466 e. The normalized spacial score (nSPS) is 16.1. The van der Waals surface area contributed by atoms with Gasteiger partial charge in [-0.15, -0.1) is 0 Å². The summed E-state index contributed by atoms with van der Waals surface area (Å²) in [6.07, 6.45) is 3.03. The molecule has 0 spiro atoms. The molecule has 0 bridgehead atoms. The summed E-state index contributed by atoms with van der Waals surface area (Å²) in [4.78, 5) is 11.8. The number of hydrogen-bond acceptors (Lipinski definition) is 3. The Hall–Kier alpha value is -1.29. The summed E-state index contributed by atoms with van der Waals surface area (Å²) in [5, 5.41) is 13.0. The van der Waals surface area contributed by atoms with Crippen molar-refractivity contribution < 1.29 is 14.3 Å². The lowest BCUT2D eigenvalue weighted by atomic mass is 9.95. The van der Waals surface area contributed by atoms with E-state index in [0.717, 1.165) is 6.42 Å². The number of rotatable bonds is 7. The second-order valence-electron chi connectivity index (χ2n) is 5.97. The lowest BCUT2D eigenvalue weighted by Crippen LogP contribution is -2.38. The highest BCUT2D eigenvalue weighted by molar-refractivity contribution is 5.76.